The lowest BCUT2D eigenvalue weighted by atomic mass is 9.86. The van der Waals surface area contributed by atoms with Crippen molar-refractivity contribution in [2.24, 2.45) is 5.92 Å². The Hall–Kier alpha value is -0.490. The quantitative estimate of drug-likeness (QED) is 0.654. The molecule has 14 heavy (non-hydrogen) atoms. The van der Waals surface area contributed by atoms with Crippen LogP contribution in [0.5, 0.6) is 0 Å². The van der Waals surface area contributed by atoms with Crippen molar-refractivity contribution in [1.82, 2.24) is 0 Å². The summed E-state index contributed by atoms with van der Waals surface area (Å²) in [4.78, 5) is 0. The smallest absolute Gasteiger partial charge is 0.0294 e. The van der Waals surface area contributed by atoms with Gasteiger partial charge in [0.05, 0.1) is 0 Å². The number of alkyl halides is 1. The third kappa shape index (κ3) is 2.51. The largest absolute Gasteiger partial charge is 0.126 e. The molecule has 0 bridgehead atoms. The number of rotatable bonds is 3. The van der Waals surface area contributed by atoms with E-state index in [-0.39, 0.29) is 0 Å². The highest BCUT2D eigenvalue weighted by Crippen LogP contribution is 2.28. The van der Waals surface area contributed by atoms with Gasteiger partial charge in [-0.05, 0) is 36.8 Å². The number of hydrogen-bond donors (Lipinski definition) is 0. The Bertz CT molecular complexity index is 302. The van der Waals surface area contributed by atoms with E-state index >= 15 is 0 Å². The Labute approximate surface area is 92.3 Å². The highest BCUT2D eigenvalue weighted by molar-refractivity contribution is 6.18. The summed E-state index contributed by atoms with van der Waals surface area (Å²) in [5.74, 6) is 1.80. The molecular weight excluding hydrogens is 192 g/mol. The SMILES string of the molecule is Cc1ccc(C)c(C(CCl)C(C)C)c1. The summed E-state index contributed by atoms with van der Waals surface area (Å²) >= 11 is 6.02. The molecule has 1 aromatic carbocycles. The maximum atomic E-state index is 6.02. The number of hydrogen-bond acceptors (Lipinski definition) is 0. The summed E-state index contributed by atoms with van der Waals surface area (Å²) in [6, 6.07) is 6.61. The second kappa shape index (κ2) is 4.84. The van der Waals surface area contributed by atoms with Gasteiger partial charge in [-0.1, -0.05) is 37.6 Å². The van der Waals surface area contributed by atoms with Crippen molar-refractivity contribution in [3.63, 3.8) is 0 Å². The van der Waals surface area contributed by atoms with Gasteiger partial charge in [0.15, 0.2) is 0 Å². The zero-order valence-electron chi connectivity index (χ0n) is 9.47. The first-order valence-electron chi connectivity index (χ1n) is 5.19. The van der Waals surface area contributed by atoms with E-state index in [1.54, 1.807) is 0 Å². The molecule has 0 N–H and O–H groups in total. The van der Waals surface area contributed by atoms with Crippen LogP contribution in [0.2, 0.25) is 0 Å². The summed E-state index contributed by atoms with van der Waals surface area (Å²) in [5.41, 5.74) is 4.09. The molecule has 0 saturated heterocycles. The molecule has 1 atom stereocenters. The van der Waals surface area contributed by atoms with Crippen LogP contribution in [0.1, 0.15) is 36.5 Å². The van der Waals surface area contributed by atoms with Crippen molar-refractivity contribution < 1.29 is 0 Å². The second-order valence-corrected chi connectivity index (χ2v) is 4.67. The van der Waals surface area contributed by atoms with Crippen LogP contribution in [0.3, 0.4) is 0 Å². The van der Waals surface area contributed by atoms with Crippen molar-refractivity contribution in [2.45, 2.75) is 33.6 Å². The molecule has 1 heteroatoms. The van der Waals surface area contributed by atoms with Crippen molar-refractivity contribution in [3.8, 4) is 0 Å². The molecule has 0 aliphatic rings. The van der Waals surface area contributed by atoms with Gasteiger partial charge in [-0.25, -0.2) is 0 Å². The maximum Gasteiger partial charge on any atom is 0.0294 e. The fraction of sp³-hybridized carbons (Fsp3) is 0.538. The highest BCUT2D eigenvalue weighted by Gasteiger charge is 2.16. The van der Waals surface area contributed by atoms with Gasteiger partial charge in [-0.15, -0.1) is 11.6 Å². The zero-order valence-corrected chi connectivity index (χ0v) is 10.2. The van der Waals surface area contributed by atoms with Crippen LogP contribution in [0, 0.1) is 19.8 Å². The van der Waals surface area contributed by atoms with E-state index in [4.69, 9.17) is 11.6 Å². The third-order valence-electron chi connectivity index (χ3n) is 2.81. The van der Waals surface area contributed by atoms with Crippen LogP contribution >= 0.6 is 11.6 Å². The van der Waals surface area contributed by atoms with Crippen molar-refractivity contribution in [3.05, 3.63) is 34.9 Å². The first-order valence-corrected chi connectivity index (χ1v) is 5.72. The van der Waals surface area contributed by atoms with Crippen LogP contribution in [0.25, 0.3) is 0 Å². The van der Waals surface area contributed by atoms with Gasteiger partial charge in [0, 0.05) is 5.88 Å². The van der Waals surface area contributed by atoms with Crippen LogP contribution in [0.4, 0.5) is 0 Å². The third-order valence-corrected chi connectivity index (χ3v) is 3.14. The Balaban J connectivity index is 3.08. The van der Waals surface area contributed by atoms with Gasteiger partial charge in [-0.3, -0.25) is 0 Å². The molecule has 0 nitrogen and oxygen atoms in total. The minimum atomic E-state index is 0.483. The molecule has 0 aliphatic carbocycles. The average Bonchev–Trinajstić information content (AvgIpc) is 2.11. The van der Waals surface area contributed by atoms with Gasteiger partial charge in [-0.2, -0.15) is 0 Å². The summed E-state index contributed by atoms with van der Waals surface area (Å²) in [7, 11) is 0. The summed E-state index contributed by atoms with van der Waals surface area (Å²) < 4.78 is 0. The summed E-state index contributed by atoms with van der Waals surface area (Å²) in [5, 5.41) is 0. The second-order valence-electron chi connectivity index (χ2n) is 4.36. The van der Waals surface area contributed by atoms with Crippen LogP contribution in [-0.4, -0.2) is 5.88 Å². The van der Waals surface area contributed by atoms with E-state index in [0.717, 1.165) is 0 Å². The Morgan fingerprint density at radius 2 is 1.86 bits per heavy atom. The van der Waals surface area contributed by atoms with Crippen LogP contribution < -0.4 is 0 Å². The zero-order chi connectivity index (χ0) is 10.7. The number of halogens is 1. The van der Waals surface area contributed by atoms with E-state index < -0.39 is 0 Å². The van der Waals surface area contributed by atoms with E-state index in [1.807, 2.05) is 0 Å². The van der Waals surface area contributed by atoms with Crippen molar-refractivity contribution in [1.29, 1.82) is 0 Å². The molecule has 0 radical (unpaired) electrons. The van der Waals surface area contributed by atoms with Crippen molar-refractivity contribution >= 4 is 11.6 Å². The molecule has 0 aromatic heterocycles. The van der Waals surface area contributed by atoms with Crippen LogP contribution in [-0.2, 0) is 0 Å². The molecule has 0 saturated carbocycles. The molecule has 0 aliphatic heterocycles. The lowest BCUT2D eigenvalue weighted by molar-refractivity contribution is 0.537. The molecule has 1 aromatic rings. The predicted molar refractivity (Wildman–Crippen MR) is 64.2 cm³/mol. The number of aryl methyl sites for hydroxylation is 2. The first kappa shape index (κ1) is 11.6. The standard InChI is InChI=1S/C13H19Cl/c1-9(2)13(8-14)12-7-10(3)5-6-11(12)4/h5-7,9,13H,8H2,1-4H3. The average molecular weight is 211 g/mol. The molecule has 0 heterocycles. The summed E-state index contributed by atoms with van der Waals surface area (Å²) in [6.45, 7) is 8.76. The minimum Gasteiger partial charge on any atom is -0.126 e. The van der Waals surface area contributed by atoms with E-state index in [1.165, 1.54) is 16.7 Å². The Kier molecular flexibility index (Phi) is 4.00. The molecule has 0 spiro atoms. The lowest BCUT2D eigenvalue weighted by Gasteiger charge is -2.21. The Morgan fingerprint density at radius 1 is 1.21 bits per heavy atom. The monoisotopic (exact) mass is 210 g/mol. The molecule has 0 amide bonds. The predicted octanol–water partition coefficient (Wildman–Crippen LogP) is 4.28. The summed E-state index contributed by atoms with van der Waals surface area (Å²) in [6.07, 6.45) is 0. The van der Waals surface area contributed by atoms with Gasteiger partial charge in [0.2, 0.25) is 0 Å². The van der Waals surface area contributed by atoms with Gasteiger partial charge >= 0.3 is 0 Å². The molecule has 0 fully saturated rings. The fourth-order valence-corrected chi connectivity index (χ4v) is 2.30. The number of benzene rings is 1. The lowest BCUT2D eigenvalue weighted by Crippen LogP contribution is -2.10. The van der Waals surface area contributed by atoms with Gasteiger partial charge in [0.25, 0.3) is 0 Å². The van der Waals surface area contributed by atoms with Crippen molar-refractivity contribution in [2.75, 3.05) is 5.88 Å². The highest BCUT2D eigenvalue weighted by atomic mass is 35.5. The van der Waals surface area contributed by atoms with E-state index in [0.29, 0.717) is 17.7 Å². The van der Waals surface area contributed by atoms with E-state index in [2.05, 4.69) is 45.9 Å². The molecule has 1 unspecified atom stereocenters. The molecule has 1 rings (SSSR count). The van der Waals surface area contributed by atoms with Gasteiger partial charge < -0.3 is 0 Å². The fourth-order valence-electron chi connectivity index (χ4n) is 1.78. The Morgan fingerprint density at radius 3 is 2.36 bits per heavy atom. The molecular formula is C13H19Cl. The molecule has 78 valence electrons. The van der Waals surface area contributed by atoms with Gasteiger partial charge in [0.1, 0.15) is 0 Å². The topological polar surface area (TPSA) is 0 Å². The maximum absolute atomic E-state index is 6.02. The minimum absolute atomic E-state index is 0.483. The normalized spacial score (nSPS) is 13.3. The van der Waals surface area contributed by atoms with E-state index in [9.17, 15) is 0 Å². The van der Waals surface area contributed by atoms with Crippen LogP contribution in [0.15, 0.2) is 18.2 Å². The first-order chi connectivity index (χ1) is 6.56.